The van der Waals surface area contributed by atoms with Crippen molar-refractivity contribution in [3.8, 4) is 5.75 Å². The van der Waals surface area contributed by atoms with Crippen molar-refractivity contribution in [1.82, 2.24) is 0 Å². The quantitative estimate of drug-likeness (QED) is 0.463. The van der Waals surface area contributed by atoms with Gasteiger partial charge in [0.15, 0.2) is 6.10 Å². The van der Waals surface area contributed by atoms with Crippen LogP contribution in [-0.2, 0) is 16.0 Å². The van der Waals surface area contributed by atoms with Crippen LogP contribution in [-0.4, -0.2) is 18.9 Å². The Labute approximate surface area is 158 Å². The molecule has 0 fully saturated rings. The van der Waals surface area contributed by atoms with E-state index >= 15 is 0 Å². The number of carbonyl (C=O) groups is 2. The Balaban J connectivity index is 1.83. The maximum atomic E-state index is 13.0. The van der Waals surface area contributed by atoms with Gasteiger partial charge < -0.3 is 9.47 Å². The maximum absolute atomic E-state index is 13.0. The van der Waals surface area contributed by atoms with Gasteiger partial charge in [-0.25, -0.2) is 0 Å². The SMILES string of the molecule is COc1ccccc1CC(=O)O[C@H](C(=O)c1ccccc1)c1ccccc1. The smallest absolute Gasteiger partial charge is 0.311 e. The first-order valence-corrected chi connectivity index (χ1v) is 8.64. The van der Waals surface area contributed by atoms with Crippen LogP contribution in [0.4, 0.5) is 0 Å². The van der Waals surface area contributed by atoms with Gasteiger partial charge in [0.05, 0.1) is 13.5 Å². The van der Waals surface area contributed by atoms with E-state index in [1.807, 2.05) is 36.4 Å². The molecule has 0 heterocycles. The number of rotatable bonds is 7. The van der Waals surface area contributed by atoms with Crippen molar-refractivity contribution >= 4 is 11.8 Å². The molecule has 4 nitrogen and oxygen atoms in total. The van der Waals surface area contributed by atoms with Gasteiger partial charge in [-0.05, 0) is 6.07 Å². The summed E-state index contributed by atoms with van der Waals surface area (Å²) in [6.45, 7) is 0. The van der Waals surface area contributed by atoms with Crippen LogP contribution >= 0.6 is 0 Å². The van der Waals surface area contributed by atoms with Gasteiger partial charge in [0.25, 0.3) is 0 Å². The molecule has 4 heteroatoms. The first kappa shape index (κ1) is 18.4. The number of ether oxygens (including phenoxy) is 2. The lowest BCUT2D eigenvalue weighted by Crippen LogP contribution is -2.21. The largest absolute Gasteiger partial charge is 0.496 e. The van der Waals surface area contributed by atoms with E-state index in [1.54, 1.807) is 55.6 Å². The summed E-state index contributed by atoms with van der Waals surface area (Å²) in [5, 5.41) is 0. The average molecular weight is 360 g/mol. The van der Waals surface area contributed by atoms with Gasteiger partial charge in [0, 0.05) is 16.7 Å². The van der Waals surface area contributed by atoms with Crippen molar-refractivity contribution in [1.29, 1.82) is 0 Å². The number of methoxy groups -OCH3 is 1. The lowest BCUT2D eigenvalue weighted by molar-refractivity contribution is -0.146. The molecule has 27 heavy (non-hydrogen) atoms. The van der Waals surface area contributed by atoms with Gasteiger partial charge in [-0.2, -0.15) is 0 Å². The third kappa shape index (κ3) is 4.61. The zero-order valence-electron chi connectivity index (χ0n) is 15.0. The van der Waals surface area contributed by atoms with E-state index in [9.17, 15) is 9.59 Å². The van der Waals surface area contributed by atoms with E-state index in [2.05, 4.69) is 0 Å². The second kappa shape index (κ2) is 8.81. The van der Waals surface area contributed by atoms with Crippen LogP contribution in [0.1, 0.15) is 27.6 Å². The van der Waals surface area contributed by atoms with Crippen molar-refractivity contribution in [3.05, 3.63) is 102 Å². The van der Waals surface area contributed by atoms with Gasteiger partial charge >= 0.3 is 5.97 Å². The lowest BCUT2D eigenvalue weighted by Gasteiger charge is -2.18. The summed E-state index contributed by atoms with van der Waals surface area (Å²) < 4.78 is 10.9. The second-order valence-corrected chi connectivity index (χ2v) is 6.00. The predicted molar refractivity (Wildman–Crippen MR) is 103 cm³/mol. The van der Waals surface area contributed by atoms with E-state index < -0.39 is 12.1 Å². The van der Waals surface area contributed by atoms with Crippen LogP contribution in [0, 0.1) is 0 Å². The maximum Gasteiger partial charge on any atom is 0.311 e. The zero-order chi connectivity index (χ0) is 19.1. The molecule has 0 unspecified atom stereocenters. The van der Waals surface area contributed by atoms with Gasteiger partial charge in [-0.1, -0.05) is 78.9 Å². The number of esters is 1. The Bertz CT molecular complexity index is 904. The summed E-state index contributed by atoms with van der Waals surface area (Å²) in [6, 6.07) is 25.1. The van der Waals surface area contributed by atoms with Crippen molar-refractivity contribution in [3.63, 3.8) is 0 Å². The van der Waals surface area contributed by atoms with Crippen LogP contribution in [0.5, 0.6) is 5.75 Å². The van der Waals surface area contributed by atoms with Crippen LogP contribution in [0.15, 0.2) is 84.9 Å². The van der Waals surface area contributed by atoms with Gasteiger partial charge in [0.2, 0.25) is 5.78 Å². The van der Waals surface area contributed by atoms with Crippen LogP contribution in [0.3, 0.4) is 0 Å². The molecule has 0 amide bonds. The van der Waals surface area contributed by atoms with E-state index in [-0.39, 0.29) is 12.2 Å². The average Bonchev–Trinajstić information content (AvgIpc) is 2.73. The number of carbonyl (C=O) groups excluding carboxylic acids is 2. The topological polar surface area (TPSA) is 52.6 Å². The Hall–Kier alpha value is -3.40. The Morgan fingerprint density at radius 3 is 2.07 bits per heavy atom. The van der Waals surface area contributed by atoms with E-state index in [4.69, 9.17) is 9.47 Å². The lowest BCUT2D eigenvalue weighted by atomic mass is 9.99. The summed E-state index contributed by atoms with van der Waals surface area (Å²) in [7, 11) is 1.55. The number of ketones is 1. The van der Waals surface area contributed by atoms with Gasteiger partial charge in [-0.15, -0.1) is 0 Å². The summed E-state index contributed by atoms with van der Waals surface area (Å²) in [5.74, 6) is -0.132. The molecule has 0 saturated carbocycles. The van der Waals surface area contributed by atoms with Gasteiger partial charge in [-0.3, -0.25) is 9.59 Å². The molecule has 0 aliphatic carbocycles. The second-order valence-electron chi connectivity index (χ2n) is 6.00. The summed E-state index contributed by atoms with van der Waals surface area (Å²) in [5.41, 5.74) is 1.85. The predicted octanol–water partition coefficient (Wildman–Crippen LogP) is 4.41. The molecule has 3 aromatic rings. The molecule has 0 saturated heterocycles. The van der Waals surface area contributed by atoms with Crippen LogP contribution < -0.4 is 4.74 Å². The van der Waals surface area contributed by atoms with Crippen molar-refractivity contribution < 1.29 is 19.1 Å². The molecule has 3 aromatic carbocycles. The summed E-state index contributed by atoms with van der Waals surface area (Å²) in [4.78, 5) is 25.5. The highest BCUT2D eigenvalue weighted by Crippen LogP contribution is 2.24. The highest BCUT2D eigenvalue weighted by Gasteiger charge is 2.26. The Kier molecular flexibility index (Phi) is 6.00. The highest BCUT2D eigenvalue weighted by atomic mass is 16.5. The third-order valence-electron chi connectivity index (χ3n) is 4.18. The minimum Gasteiger partial charge on any atom is -0.496 e. The summed E-state index contributed by atoms with van der Waals surface area (Å²) >= 11 is 0. The molecule has 0 aromatic heterocycles. The molecule has 1 atom stereocenters. The fraction of sp³-hybridized carbons (Fsp3) is 0.130. The molecule has 0 N–H and O–H groups in total. The monoisotopic (exact) mass is 360 g/mol. The standard InChI is InChI=1S/C23H20O4/c1-26-20-15-9-8-14-19(20)16-21(24)27-23(18-12-6-3-7-13-18)22(25)17-10-4-2-5-11-17/h2-15,23H,16H2,1H3/t23-/m0/s1. The number of hydrogen-bond acceptors (Lipinski definition) is 4. The number of benzene rings is 3. The minimum atomic E-state index is -0.990. The number of para-hydroxylation sites is 1. The zero-order valence-corrected chi connectivity index (χ0v) is 15.0. The van der Waals surface area contributed by atoms with Gasteiger partial charge in [0.1, 0.15) is 5.75 Å². The molecular weight excluding hydrogens is 340 g/mol. The molecule has 136 valence electrons. The number of Topliss-reactive ketones (excluding diaryl/α,β-unsaturated/α-hetero) is 1. The molecule has 0 aliphatic rings. The normalized spacial score (nSPS) is 11.4. The fourth-order valence-electron chi connectivity index (χ4n) is 2.83. The fourth-order valence-corrected chi connectivity index (χ4v) is 2.83. The van der Waals surface area contributed by atoms with E-state index in [0.717, 1.165) is 0 Å². The van der Waals surface area contributed by atoms with Crippen molar-refractivity contribution in [2.24, 2.45) is 0 Å². The third-order valence-corrected chi connectivity index (χ3v) is 4.18. The molecule has 0 radical (unpaired) electrons. The first-order valence-electron chi connectivity index (χ1n) is 8.64. The highest BCUT2D eigenvalue weighted by molar-refractivity contribution is 6.01. The minimum absolute atomic E-state index is 0.0232. The molecule has 0 spiro atoms. The van der Waals surface area contributed by atoms with Crippen LogP contribution in [0.2, 0.25) is 0 Å². The molecule has 0 aliphatic heterocycles. The Morgan fingerprint density at radius 2 is 1.41 bits per heavy atom. The molecular formula is C23H20O4. The van der Waals surface area contributed by atoms with E-state index in [0.29, 0.717) is 22.4 Å². The molecule has 3 rings (SSSR count). The van der Waals surface area contributed by atoms with Crippen LogP contribution in [0.25, 0.3) is 0 Å². The first-order chi connectivity index (χ1) is 13.2. The Morgan fingerprint density at radius 1 is 0.815 bits per heavy atom. The van der Waals surface area contributed by atoms with E-state index in [1.165, 1.54) is 0 Å². The summed E-state index contributed by atoms with van der Waals surface area (Å²) in [6.07, 6.45) is -0.967. The molecule has 0 bridgehead atoms. The number of hydrogen-bond donors (Lipinski definition) is 0. The van der Waals surface area contributed by atoms with Crippen molar-refractivity contribution in [2.75, 3.05) is 7.11 Å². The van der Waals surface area contributed by atoms with Crippen molar-refractivity contribution in [2.45, 2.75) is 12.5 Å².